The summed E-state index contributed by atoms with van der Waals surface area (Å²) in [5.41, 5.74) is 1.84. The van der Waals surface area contributed by atoms with Gasteiger partial charge in [0.2, 0.25) is 0 Å². The fourth-order valence-corrected chi connectivity index (χ4v) is 4.85. The second kappa shape index (κ2) is 10.5. The van der Waals surface area contributed by atoms with Crippen LogP contribution in [0.25, 0.3) is 0 Å². The topological polar surface area (TPSA) is 105 Å². The largest absolute Gasteiger partial charge is 0.378 e. The van der Waals surface area contributed by atoms with E-state index in [1.165, 1.54) is 30.3 Å². The standard InChI is InChI=1S/C25H24ClN3O5S/c1-17-6-9-19(10-7-17)35(32,33)28-18-8-11-22(26)21(16-18)24(30)27-23-5-3-2-4-20(23)25(31)29-12-14-34-15-13-29/h2-11,16,28H,12-15H2,1H3,(H,27,30). The summed E-state index contributed by atoms with van der Waals surface area (Å²) in [6.45, 7) is 3.72. The van der Waals surface area contributed by atoms with Crippen LogP contribution >= 0.6 is 11.6 Å². The SMILES string of the molecule is Cc1ccc(S(=O)(=O)Nc2ccc(Cl)c(C(=O)Nc3ccccc3C(=O)N3CCOCC3)c2)cc1. The third-order valence-electron chi connectivity index (χ3n) is 5.50. The number of nitrogens with one attached hydrogen (secondary N) is 2. The summed E-state index contributed by atoms with van der Waals surface area (Å²) in [6.07, 6.45) is 0. The van der Waals surface area contributed by atoms with Crippen molar-refractivity contribution in [2.75, 3.05) is 36.3 Å². The highest BCUT2D eigenvalue weighted by molar-refractivity contribution is 7.92. The lowest BCUT2D eigenvalue weighted by atomic mass is 10.1. The van der Waals surface area contributed by atoms with Gasteiger partial charge in [-0.05, 0) is 49.4 Å². The van der Waals surface area contributed by atoms with Crippen molar-refractivity contribution in [2.45, 2.75) is 11.8 Å². The first-order valence-corrected chi connectivity index (χ1v) is 12.8. The van der Waals surface area contributed by atoms with Crippen LogP contribution in [0.5, 0.6) is 0 Å². The maximum atomic E-state index is 13.1. The zero-order valence-corrected chi connectivity index (χ0v) is 20.5. The molecule has 0 bridgehead atoms. The molecular weight excluding hydrogens is 490 g/mol. The quantitative estimate of drug-likeness (QED) is 0.514. The molecule has 0 spiro atoms. The number of ether oxygens (including phenoxy) is 1. The van der Waals surface area contributed by atoms with Crippen LogP contribution in [0.1, 0.15) is 26.3 Å². The summed E-state index contributed by atoms with van der Waals surface area (Å²) in [5, 5.41) is 2.87. The predicted octanol–water partition coefficient (Wildman–Crippen LogP) is 4.17. The number of rotatable bonds is 6. The summed E-state index contributed by atoms with van der Waals surface area (Å²) in [4.78, 5) is 27.8. The normalized spacial score (nSPS) is 13.8. The lowest BCUT2D eigenvalue weighted by Crippen LogP contribution is -2.41. The van der Waals surface area contributed by atoms with E-state index in [-0.39, 0.29) is 27.1 Å². The molecule has 1 heterocycles. The Morgan fingerprint density at radius 2 is 1.63 bits per heavy atom. The van der Waals surface area contributed by atoms with Crippen molar-refractivity contribution >= 4 is 44.8 Å². The Morgan fingerprint density at radius 3 is 2.34 bits per heavy atom. The molecule has 3 aromatic carbocycles. The Morgan fingerprint density at radius 1 is 0.943 bits per heavy atom. The highest BCUT2D eigenvalue weighted by Gasteiger charge is 2.23. The maximum absolute atomic E-state index is 13.1. The number of benzene rings is 3. The number of aryl methyl sites for hydroxylation is 1. The van der Waals surface area contributed by atoms with Crippen molar-refractivity contribution < 1.29 is 22.7 Å². The van der Waals surface area contributed by atoms with Gasteiger partial charge in [0, 0.05) is 18.8 Å². The number of sulfonamides is 1. The number of hydrogen-bond donors (Lipinski definition) is 2. The Balaban J connectivity index is 1.55. The molecule has 1 fully saturated rings. The molecule has 35 heavy (non-hydrogen) atoms. The van der Waals surface area contributed by atoms with Gasteiger partial charge in [0.05, 0.1) is 39.9 Å². The lowest BCUT2D eigenvalue weighted by Gasteiger charge is -2.27. The van der Waals surface area contributed by atoms with Gasteiger partial charge in [-0.3, -0.25) is 14.3 Å². The minimum absolute atomic E-state index is 0.0596. The van der Waals surface area contributed by atoms with Crippen LogP contribution in [-0.2, 0) is 14.8 Å². The van der Waals surface area contributed by atoms with Crippen LogP contribution in [0, 0.1) is 6.92 Å². The van der Waals surface area contributed by atoms with Crippen LogP contribution in [0.2, 0.25) is 5.02 Å². The molecule has 0 atom stereocenters. The molecule has 2 amide bonds. The molecule has 1 aliphatic heterocycles. The third kappa shape index (κ3) is 5.82. The number of halogens is 1. The molecule has 10 heteroatoms. The van der Waals surface area contributed by atoms with Gasteiger partial charge in [-0.25, -0.2) is 8.42 Å². The number of carbonyl (C=O) groups is 2. The molecule has 1 aliphatic rings. The number of morpholine rings is 1. The van der Waals surface area contributed by atoms with Crippen molar-refractivity contribution in [1.29, 1.82) is 0 Å². The van der Waals surface area contributed by atoms with E-state index in [2.05, 4.69) is 10.0 Å². The van der Waals surface area contributed by atoms with Gasteiger partial charge in [0.15, 0.2) is 0 Å². The molecule has 0 saturated carbocycles. The lowest BCUT2D eigenvalue weighted by molar-refractivity contribution is 0.0303. The molecule has 3 aromatic rings. The average molecular weight is 514 g/mol. The van der Waals surface area contributed by atoms with Crippen LogP contribution in [-0.4, -0.2) is 51.4 Å². The smallest absolute Gasteiger partial charge is 0.261 e. The Labute approximate surface area is 208 Å². The number of anilines is 2. The van der Waals surface area contributed by atoms with Gasteiger partial charge in [-0.15, -0.1) is 0 Å². The van der Waals surface area contributed by atoms with Gasteiger partial charge < -0.3 is 15.0 Å². The average Bonchev–Trinajstić information content (AvgIpc) is 2.85. The fourth-order valence-electron chi connectivity index (χ4n) is 3.60. The molecule has 4 rings (SSSR count). The summed E-state index contributed by atoms with van der Waals surface area (Å²) < 4.78 is 33.3. The van der Waals surface area contributed by atoms with Gasteiger partial charge in [-0.2, -0.15) is 0 Å². The number of hydrogen-bond acceptors (Lipinski definition) is 5. The second-order valence-electron chi connectivity index (χ2n) is 8.02. The van der Waals surface area contributed by atoms with Gasteiger partial charge >= 0.3 is 0 Å². The molecule has 182 valence electrons. The van der Waals surface area contributed by atoms with E-state index in [1.807, 2.05) is 6.92 Å². The second-order valence-corrected chi connectivity index (χ2v) is 10.1. The highest BCUT2D eigenvalue weighted by atomic mass is 35.5. The van der Waals surface area contributed by atoms with Crippen LogP contribution in [0.3, 0.4) is 0 Å². The van der Waals surface area contributed by atoms with Crippen molar-refractivity contribution in [3.8, 4) is 0 Å². The Bertz CT molecular complexity index is 1350. The zero-order valence-electron chi connectivity index (χ0n) is 19.0. The van der Waals surface area contributed by atoms with E-state index in [0.29, 0.717) is 37.6 Å². The maximum Gasteiger partial charge on any atom is 0.261 e. The van der Waals surface area contributed by atoms with E-state index < -0.39 is 15.9 Å². The molecule has 0 aliphatic carbocycles. The molecule has 0 unspecified atom stereocenters. The first-order chi connectivity index (χ1) is 16.7. The van der Waals surface area contributed by atoms with E-state index in [4.69, 9.17) is 16.3 Å². The van der Waals surface area contributed by atoms with Crippen LogP contribution < -0.4 is 10.0 Å². The molecule has 8 nitrogen and oxygen atoms in total. The molecule has 1 saturated heterocycles. The molecule has 2 N–H and O–H groups in total. The van der Waals surface area contributed by atoms with Crippen LogP contribution in [0.4, 0.5) is 11.4 Å². The first kappa shape index (κ1) is 24.7. The van der Waals surface area contributed by atoms with E-state index in [1.54, 1.807) is 41.3 Å². The predicted molar refractivity (Wildman–Crippen MR) is 135 cm³/mol. The molecular formula is C25H24ClN3O5S. The van der Waals surface area contributed by atoms with Gasteiger partial charge in [-0.1, -0.05) is 41.4 Å². The summed E-state index contributed by atoms with van der Waals surface area (Å²) in [6, 6.07) is 17.4. The number of para-hydroxylation sites is 1. The summed E-state index contributed by atoms with van der Waals surface area (Å²) >= 11 is 6.26. The fraction of sp³-hybridized carbons (Fsp3) is 0.200. The van der Waals surface area contributed by atoms with E-state index in [0.717, 1.165) is 5.56 Å². The van der Waals surface area contributed by atoms with E-state index >= 15 is 0 Å². The van der Waals surface area contributed by atoms with Crippen molar-refractivity contribution in [1.82, 2.24) is 4.90 Å². The molecule has 0 radical (unpaired) electrons. The highest BCUT2D eigenvalue weighted by Crippen LogP contribution is 2.25. The summed E-state index contributed by atoms with van der Waals surface area (Å²) in [5.74, 6) is -0.788. The van der Waals surface area contributed by atoms with E-state index in [9.17, 15) is 18.0 Å². The minimum atomic E-state index is -3.86. The van der Waals surface area contributed by atoms with Crippen molar-refractivity contribution in [3.05, 3.63) is 88.4 Å². The van der Waals surface area contributed by atoms with Gasteiger partial charge in [0.25, 0.3) is 21.8 Å². The Kier molecular flexibility index (Phi) is 7.39. The third-order valence-corrected chi connectivity index (χ3v) is 7.23. The zero-order chi connectivity index (χ0) is 25.0. The molecule has 0 aromatic heterocycles. The summed E-state index contributed by atoms with van der Waals surface area (Å²) in [7, 11) is -3.86. The van der Waals surface area contributed by atoms with Crippen LogP contribution in [0.15, 0.2) is 71.6 Å². The van der Waals surface area contributed by atoms with Gasteiger partial charge in [0.1, 0.15) is 0 Å². The van der Waals surface area contributed by atoms with Crippen molar-refractivity contribution in [2.24, 2.45) is 0 Å². The number of carbonyl (C=O) groups excluding carboxylic acids is 2. The number of nitrogens with zero attached hydrogens (tertiary/aromatic N) is 1. The Hall–Kier alpha value is -3.40. The number of amides is 2. The monoisotopic (exact) mass is 513 g/mol. The minimum Gasteiger partial charge on any atom is -0.378 e. The van der Waals surface area contributed by atoms with Crippen molar-refractivity contribution in [3.63, 3.8) is 0 Å². The first-order valence-electron chi connectivity index (χ1n) is 10.9.